The van der Waals surface area contributed by atoms with Gasteiger partial charge in [-0.05, 0) is 27.4 Å². The van der Waals surface area contributed by atoms with Gasteiger partial charge in [0.2, 0.25) is 4.73 Å². The molecule has 4 rings (SSSR count). The number of para-hydroxylation sites is 1. The molecule has 0 saturated heterocycles. The minimum absolute atomic E-state index is 0.615. The summed E-state index contributed by atoms with van der Waals surface area (Å²) in [4.78, 5) is 4.46. The molecule has 0 aliphatic rings. The van der Waals surface area contributed by atoms with Gasteiger partial charge >= 0.3 is 0 Å². The van der Waals surface area contributed by atoms with Crippen LogP contribution in [0.1, 0.15) is 0 Å². The SMILES string of the molecule is Brc1nc2c3ccccc3c3ccccc3n2n1. The van der Waals surface area contributed by atoms with Crippen molar-refractivity contribution < 1.29 is 0 Å². The first-order chi connectivity index (χ1) is 8.84. The predicted molar refractivity (Wildman–Crippen MR) is 75.7 cm³/mol. The molecular formula is C14H8BrN3. The van der Waals surface area contributed by atoms with Crippen LogP contribution < -0.4 is 0 Å². The molecule has 0 N–H and O–H groups in total. The minimum atomic E-state index is 0.615. The molecule has 0 aliphatic carbocycles. The molecule has 2 aromatic heterocycles. The zero-order valence-electron chi connectivity index (χ0n) is 9.34. The summed E-state index contributed by atoms with van der Waals surface area (Å²) >= 11 is 3.35. The highest BCUT2D eigenvalue weighted by atomic mass is 79.9. The Morgan fingerprint density at radius 1 is 0.833 bits per heavy atom. The Kier molecular flexibility index (Phi) is 1.96. The van der Waals surface area contributed by atoms with Crippen LogP contribution in [0.2, 0.25) is 0 Å². The number of fused-ring (bicyclic) bond motifs is 6. The first-order valence-corrected chi connectivity index (χ1v) is 6.45. The summed E-state index contributed by atoms with van der Waals surface area (Å²) in [5.74, 6) is 0. The zero-order valence-corrected chi connectivity index (χ0v) is 10.9. The lowest BCUT2D eigenvalue weighted by Gasteiger charge is -2.05. The Morgan fingerprint density at radius 2 is 1.50 bits per heavy atom. The average Bonchev–Trinajstić information content (AvgIpc) is 2.81. The molecule has 3 nitrogen and oxygen atoms in total. The van der Waals surface area contributed by atoms with Crippen molar-refractivity contribution in [2.45, 2.75) is 0 Å². The van der Waals surface area contributed by atoms with Gasteiger partial charge in [0.1, 0.15) is 0 Å². The fraction of sp³-hybridized carbons (Fsp3) is 0. The van der Waals surface area contributed by atoms with Crippen molar-refractivity contribution in [1.82, 2.24) is 14.6 Å². The van der Waals surface area contributed by atoms with Crippen molar-refractivity contribution in [1.29, 1.82) is 0 Å². The maximum atomic E-state index is 4.46. The number of hydrogen-bond acceptors (Lipinski definition) is 2. The maximum absolute atomic E-state index is 4.46. The van der Waals surface area contributed by atoms with E-state index in [-0.39, 0.29) is 0 Å². The van der Waals surface area contributed by atoms with E-state index >= 15 is 0 Å². The van der Waals surface area contributed by atoms with E-state index in [0.717, 1.165) is 16.6 Å². The Bertz CT molecular complexity index is 823. The summed E-state index contributed by atoms with van der Waals surface area (Å²) in [7, 11) is 0. The van der Waals surface area contributed by atoms with Gasteiger partial charge in [-0.3, -0.25) is 0 Å². The third kappa shape index (κ3) is 1.24. The highest BCUT2D eigenvalue weighted by Crippen LogP contribution is 2.28. The highest BCUT2D eigenvalue weighted by Gasteiger charge is 2.10. The Labute approximate surface area is 111 Å². The monoisotopic (exact) mass is 297 g/mol. The molecule has 0 radical (unpaired) electrons. The third-order valence-electron chi connectivity index (χ3n) is 3.17. The van der Waals surface area contributed by atoms with Gasteiger partial charge in [-0.1, -0.05) is 42.5 Å². The number of hydrogen-bond donors (Lipinski definition) is 0. The lowest BCUT2D eigenvalue weighted by atomic mass is 10.1. The van der Waals surface area contributed by atoms with Gasteiger partial charge < -0.3 is 0 Å². The molecule has 0 spiro atoms. The standard InChI is InChI=1S/C14H8BrN3/c15-14-16-13-11-7-2-1-5-9(11)10-6-3-4-8-12(10)18(13)17-14/h1-8H. The number of pyridine rings is 1. The van der Waals surface area contributed by atoms with Crippen LogP contribution in [0.5, 0.6) is 0 Å². The van der Waals surface area contributed by atoms with Crippen LogP contribution in [-0.2, 0) is 0 Å². The summed E-state index contributed by atoms with van der Waals surface area (Å²) in [5, 5.41) is 7.93. The van der Waals surface area contributed by atoms with Crippen LogP contribution in [-0.4, -0.2) is 14.6 Å². The van der Waals surface area contributed by atoms with Crippen molar-refractivity contribution in [3.05, 3.63) is 53.3 Å². The molecule has 0 aliphatic heterocycles. The number of halogens is 1. The van der Waals surface area contributed by atoms with Crippen LogP contribution in [0, 0.1) is 0 Å². The Balaban J connectivity index is 2.45. The molecule has 0 fully saturated rings. The van der Waals surface area contributed by atoms with Crippen molar-refractivity contribution in [3.8, 4) is 0 Å². The van der Waals surface area contributed by atoms with Crippen LogP contribution in [0.15, 0.2) is 53.3 Å². The van der Waals surface area contributed by atoms with Gasteiger partial charge in [0.15, 0.2) is 5.65 Å². The molecule has 4 aromatic rings. The van der Waals surface area contributed by atoms with Gasteiger partial charge in [0, 0.05) is 10.8 Å². The first-order valence-electron chi connectivity index (χ1n) is 5.66. The van der Waals surface area contributed by atoms with Crippen molar-refractivity contribution in [2.75, 3.05) is 0 Å². The molecular weight excluding hydrogens is 290 g/mol. The Hall–Kier alpha value is -1.94. The molecule has 18 heavy (non-hydrogen) atoms. The number of benzene rings is 2. The van der Waals surface area contributed by atoms with Gasteiger partial charge in [-0.15, -0.1) is 5.10 Å². The van der Waals surface area contributed by atoms with Crippen LogP contribution in [0.3, 0.4) is 0 Å². The maximum Gasteiger partial charge on any atom is 0.218 e. The fourth-order valence-corrected chi connectivity index (χ4v) is 2.75. The Morgan fingerprint density at radius 3 is 2.33 bits per heavy atom. The van der Waals surface area contributed by atoms with Gasteiger partial charge in [-0.25, -0.2) is 9.50 Å². The second-order valence-electron chi connectivity index (χ2n) is 4.18. The fourth-order valence-electron chi connectivity index (χ4n) is 2.43. The number of aromatic nitrogens is 3. The van der Waals surface area contributed by atoms with E-state index in [9.17, 15) is 0 Å². The van der Waals surface area contributed by atoms with E-state index in [1.165, 1.54) is 10.8 Å². The van der Waals surface area contributed by atoms with Crippen molar-refractivity contribution in [3.63, 3.8) is 0 Å². The molecule has 86 valence electrons. The zero-order chi connectivity index (χ0) is 12.1. The lowest BCUT2D eigenvalue weighted by molar-refractivity contribution is 0.988. The van der Waals surface area contributed by atoms with Gasteiger partial charge in [0.25, 0.3) is 0 Å². The van der Waals surface area contributed by atoms with Gasteiger partial charge in [-0.2, -0.15) is 0 Å². The summed E-state index contributed by atoms with van der Waals surface area (Å²) < 4.78 is 2.51. The molecule has 4 heteroatoms. The molecule has 2 heterocycles. The quantitative estimate of drug-likeness (QED) is 0.462. The van der Waals surface area contributed by atoms with Crippen molar-refractivity contribution in [2.24, 2.45) is 0 Å². The second kappa shape index (κ2) is 3.53. The smallest absolute Gasteiger partial charge is 0.211 e. The van der Waals surface area contributed by atoms with E-state index in [1.807, 2.05) is 22.7 Å². The minimum Gasteiger partial charge on any atom is -0.211 e. The van der Waals surface area contributed by atoms with E-state index in [4.69, 9.17) is 0 Å². The van der Waals surface area contributed by atoms with Crippen LogP contribution >= 0.6 is 15.9 Å². The van der Waals surface area contributed by atoms with E-state index in [2.05, 4.69) is 56.3 Å². The molecule has 0 amide bonds. The van der Waals surface area contributed by atoms with E-state index < -0.39 is 0 Å². The third-order valence-corrected chi connectivity index (χ3v) is 3.51. The molecule has 0 saturated carbocycles. The van der Waals surface area contributed by atoms with Crippen molar-refractivity contribution >= 4 is 43.3 Å². The highest BCUT2D eigenvalue weighted by molar-refractivity contribution is 9.10. The largest absolute Gasteiger partial charge is 0.218 e. The molecule has 2 aromatic carbocycles. The number of rotatable bonds is 0. The van der Waals surface area contributed by atoms with E-state index in [1.54, 1.807) is 0 Å². The van der Waals surface area contributed by atoms with Gasteiger partial charge in [0.05, 0.1) is 5.52 Å². The second-order valence-corrected chi connectivity index (χ2v) is 4.89. The number of nitrogens with zero attached hydrogens (tertiary/aromatic N) is 3. The normalized spacial score (nSPS) is 11.6. The average molecular weight is 298 g/mol. The topological polar surface area (TPSA) is 30.2 Å². The predicted octanol–water partition coefficient (Wildman–Crippen LogP) is 3.80. The summed E-state index contributed by atoms with van der Waals surface area (Å²) in [6, 6.07) is 16.5. The molecule has 0 bridgehead atoms. The molecule has 0 unspecified atom stereocenters. The summed E-state index contributed by atoms with van der Waals surface area (Å²) in [6.07, 6.45) is 0. The van der Waals surface area contributed by atoms with Crippen LogP contribution in [0.25, 0.3) is 27.3 Å². The van der Waals surface area contributed by atoms with Crippen LogP contribution in [0.4, 0.5) is 0 Å². The first kappa shape index (κ1) is 10.0. The lowest BCUT2D eigenvalue weighted by Crippen LogP contribution is -1.92. The van der Waals surface area contributed by atoms with E-state index in [0.29, 0.717) is 4.73 Å². The summed E-state index contributed by atoms with van der Waals surface area (Å²) in [5.41, 5.74) is 1.96. The molecule has 0 atom stereocenters. The summed E-state index contributed by atoms with van der Waals surface area (Å²) in [6.45, 7) is 0.